The summed E-state index contributed by atoms with van der Waals surface area (Å²) in [7, 11) is 0. The number of amides is 1. The number of likely N-dealkylation sites (N-methyl/N-ethyl adjacent to an activating group) is 1. The van der Waals surface area contributed by atoms with Gasteiger partial charge in [0, 0.05) is 23.0 Å². The lowest BCUT2D eigenvalue weighted by atomic mass is 10.0. The van der Waals surface area contributed by atoms with Crippen molar-refractivity contribution in [3.8, 4) is 5.75 Å². The molecule has 0 aliphatic carbocycles. The van der Waals surface area contributed by atoms with Gasteiger partial charge >= 0.3 is 0 Å². The van der Waals surface area contributed by atoms with Gasteiger partial charge in [-0.15, -0.1) is 0 Å². The molecule has 2 N–H and O–H groups in total. The van der Waals surface area contributed by atoms with Crippen LogP contribution in [-0.4, -0.2) is 24.6 Å². The molecule has 1 aromatic rings. The number of hydrogen-bond acceptors (Lipinski definition) is 3. The van der Waals surface area contributed by atoms with Gasteiger partial charge in [-0.1, -0.05) is 22.9 Å². The number of nitrogens with one attached hydrogen (secondary N) is 2. The van der Waals surface area contributed by atoms with Crippen LogP contribution >= 0.6 is 15.9 Å². The number of halogens is 1. The van der Waals surface area contributed by atoms with Crippen LogP contribution in [0, 0.1) is 0 Å². The molecule has 0 spiro atoms. The number of benzene rings is 1. The van der Waals surface area contributed by atoms with Crippen molar-refractivity contribution in [3.63, 3.8) is 0 Å². The van der Waals surface area contributed by atoms with Crippen molar-refractivity contribution in [1.29, 1.82) is 0 Å². The maximum absolute atomic E-state index is 12.2. The zero-order valence-corrected chi connectivity index (χ0v) is 13.8. The fourth-order valence-electron chi connectivity index (χ4n) is 2.40. The monoisotopic (exact) mass is 340 g/mol. The van der Waals surface area contributed by atoms with Crippen LogP contribution in [0.25, 0.3) is 0 Å². The Bertz CT molecular complexity index is 515. The lowest BCUT2D eigenvalue weighted by Crippen LogP contribution is -2.52. The van der Waals surface area contributed by atoms with E-state index < -0.39 is 5.54 Å². The first-order chi connectivity index (χ1) is 9.44. The third-order valence-corrected chi connectivity index (χ3v) is 3.91. The average Bonchev–Trinajstić information content (AvgIpc) is 2.83. The fourth-order valence-corrected chi connectivity index (χ4v) is 2.95. The Morgan fingerprint density at radius 3 is 2.90 bits per heavy atom. The summed E-state index contributed by atoms with van der Waals surface area (Å²) in [6.07, 6.45) is 0.929. The molecule has 0 fully saturated rings. The van der Waals surface area contributed by atoms with Gasteiger partial charge in [0.15, 0.2) is 0 Å². The van der Waals surface area contributed by atoms with Crippen molar-refractivity contribution in [2.24, 2.45) is 0 Å². The molecule has 20 heavy (non-hydrogen) atoms. The van der Waals surface area contributed by atoms with Crippen molar-refractivity contribution in [2.45, 2.75) is 39.3 Å². The van der Waals surface area contributed by atoms with E-state index in [1.807, 2.05) is 26.8 Å². The lowest BCUT2D eigenvalue weighted by Gasteiger charge is -2.24. The van der Waals surface area contributed by atoms with Crippen LogP contribution in [0.3, 0.4) is 0 Å². The number of ether oxygens (including phenoxy) is 1. The standard InChI is InChI=1S/C15H21BrN2O2/c1-4-18-15(2,3)14(19)17-9-11-8-12(16)7-10-5-6-20-13(10)11/h7-8,18H,4-6,9H2,1-3H3,(H,17,19). The second-order valence-electron chi connectivity index (χ2n) is 5.49. The van der Waals surface area contributed by atoms with Crippen LogP contribution in [0.2, 0.25) is 0 Å². The maximum Gasteiger partial charge on any atom is 0.239 e. The summed E-state index contributed by atoms with van der Waals surface area (Å²) in [6, 6.07) is 4.08. The van der Waals surface area contributed by atoms with E-state index in [0.29, 0.717) is 6.54 Å². The number of hydrogen-bond donors (Lipinski definition) is 2. The van der Waals surface area contributed by atoms with E-state index in [9.17, 15) is 4.79 Å². The minimum atomic E-state index is -0.565. The second-order valence-corrected chi connectivity index (χ2v) is 6.41. The highest BCUT2D eigenvalue weighted by molar-refractivity contribution is 9.10. The zero-order valence-electron chi connectivity index (χ0n) is 12.2. The molecule has 1 heterocycles. The molecule has 1 aromatic carbocycles. The highest BCUT2D eigenvalue weighted by Gasteiger charge is 2.26. The van der Waals surface area contributed by atoms with Gasteiger partial charge in [0.2, 0.25) is 5.91 Å². The molecular formula is C15H21BrN2O2. The molecule has 1 aliphatic rings. The molecule has 1 amide bonds. The molecule has 0 bridgehead atoms. The van der Waals surface area contributed by atoms with Gasteiger partial charge in [0.1, 0.15) is 5.75 Å². The van der Waals surface area contributed by atoms with Crippen LogP contribution in [0.15, 0.2) is 16.6 Å². The lowest BCUT2D eigenvalue weighted by molar-refractivity contribution is -0.126. The summed E-state index contributed by atoms with van der Waals surface area (Å²) in [4.78, 5) is 12.2. The molecule has 0 radical (unpaired) electrons. The number of rotatable bonds is 5. The number of fused-ring (bicyclic) bond motifs is 1. The Kier molecular flexibility index (Phi) is 4.70. The van der Waals surface area contributed by atoms with E-state index in [0.717, 1.165) is 35.4 Å². The van der Waals surface area contributed by atoms with E-state index in [-0.39, 0.29) is 5.91 Å². The molecule has 5 heteroatoms. The fraction of sp³-hybridized carbons (Fsp3) is 0.533. The van der Waals surface area contributed by atoms with Crippen LogP contribution < -0.4 is 15.4 Å². The predicted octanol–water partition coefficient (Wildman–Crippen LogP) is 2.39. The van der Waals surface area contributed by atoms with E-state index in [1.165, 1.54) is 5.56 Å². The molecule has 110 valence electrons. The highest BCUT2D eigenvalue weighted by Crippen LogP contribution is 2.32. The SMILES string of the molecule is CCNC(C)(C)C(=O)NCc1cc(Br)cc2c1OCC2. The first-order valence-electron chi connectivity index (χ1n) is 6.91. The number of carbonyl (C=O) groups is 1. The third kappa shape index (κ3) is 3.33. The van der Waals surface area contributed by atoms with E-state index in [4.69, 9.17) is 4.74 Å². The summed E-state index contributed by atoms with van der Waals surface area (Å²) in [5, 5.41) is 6.15. The first kappa shape index (κ1) is 15.3. The summed E-state index contributed by atoms with van der Waals surface area (Å²) in [5.41, 5.74) is 1.66. The van der Waals surface area contributed by atoms with Crippen molar-refractivity contribution in [3.05, 3.63) is 27.7 Å². The van der Waals surface area contributed by atoms with Gasteiger partial charge in [0.25, 0.3) is 0 Å². The van der Waals surface area contributed by atoms with Crippen molar-refractivity contribution < 1.29 is 9.53 Å². The molecular weight excluding hydrogens is 320 g/mol. The van der Waals surface area contributed by atoms with Crippen LogP contribution in [0.4, 0.5) is 0 Å². The number of carbonyl (C=O) groups excluding carboxylic acids is 1. The van der Waals surface area contributed by atoms with E-state index >= 15 is 0 Å². The van der Waals surface area contributed by atoms with Crippen LogP contribution in [0.5, 0.6) is 5.75 Å². The van der Waals surface area contributed by atoms with Gasteiger partial charge < -0.3 is 15.4 Å². The zero-order chi connectivity index (χ0) is 14.8. The van der Waals surface area contributed by atoms with Crippen molar-refractivity contribution >= 4 is 21.8 Å². The van der Waals surface area contributed by atoms with Gasteiger partial charge in [-0.2, -0.15) is 0 Å². The Labute approximate surface area is 128 Å². The highest BCUT2D eigenvalue weighted by atomic mass is 79.9. The predicted molar refractivity (Wildman–Crippen MR) is 82.9 cm³/mol. The molecule has 0 saturated carbocycles. The summed E-state index contributed by atoms with van der Waals surface area (Å²) in [6.45, 7) is 7.71. The molecule has 0 unspecified atom stereocenters. The third-order valence-electron chi connectivity index (χ3n) is 3.45. The largest absolute Gasteiger partial charge is 0.493 e. The van der Waals surface area contributed by atoms with Gasteiger partial charge in [-0.3, -0.25) is 4.79 Å². The summed E-state index contributed by atoms with van der Waals surface area (Å²) >= 11 is 3.51. The first-order valence-corrected chi connectivity index (χ1v) is 7.70. The van der Waals surface area contributed by atoms with E-state index in [1.54, 1.807) is 0 Å². The molecule has 0 atom stereocenters. The minimum absolute atomic E-state index is 0.00827. The maximum atomic E-state index is 12.2. The van der Waals surface area contributed by atoms with E-state index in [2.05, 4.69) is 32.6 Å². The summed E-state index contributed by atoms with van der Waals surface area (Å²) < 4.78 is 6.69. The molecule has 4 nitrogen and oxygen atoms in total. The summed E-state index contributed by atoms with van der Waals surface area (Å²) in [5.74, 6) is 0.917. The normalized spacial score (nSPS) is 13.8. The van der Waals surface area contributed by atoms with Crippen molar-refractivity contribution in [2.75, 3.05) is 13.2 Å². The topological polar surface area (TPSA) is 50.4 Å². The van der Waals surface area contributed by atoms with Crippen molar-refractivity contribution in [1.82, 2.24) is 10.6 Å². The molecule has 0 saturated heterocycles. The second kappa shape index (κ2) is 6.14. The van der Waals surface area contributed by atoms with Crippen LogP contribution in [0.1, 0.15) is 31.9 Å². The van der Waals surface area contributed by atoms with Gasteiger partial charge in [0.05, 0.1) is 12.1 Å². The Hall–Kier alpha value is -1.07. The Morgan fingerprint density at radius 2 is 2.20 bits per heavy atom. The average molecular weight is 341 g/mol. The minimum Gasteiger partial charge on any atom is -0.493 e. The molecule has 0 aromatic heterocycles. The van der Waals surface area contributed by atoms with Crippen LogP contribution in [-0.2, 0) is 17.8 Å². The molecule has 2 rings (SSSR count). The Morgan fingerprint density at radius 1 is 1.45 bits per heavy atom. The van der Waals surface area contributed by atoms with Gasteiger partial charge in [-0.25, -0.2) is 0 Å². The molecule has 1 aliphatic heterocycles. The van der Waals surface area contributed by atoms with Gasteiger partial charge in [-0.05, 0) is 38.1 Å². The quantitative estimate of drug-likeness (QED) is 0.865. The smallest absolute Gasteiger partial charge is 0.239 e. The Balaban J connectivity index is 2.07.